The number of likely N-dealkylation sites (tertiary alicyclic amines) is 1. The average Bonchev–Trinajstić information content (AvgIpc) is 3.35. The first-order valence-corrected chi connectivity index (χ1v) is 13.7. The van der Waals surface area contributed by atoms with Crippen LogP contribution in [0.25, 0.3) is 0 Å². The third kappa shape index (κ3) is 7.26. The van der Waals surface area contributed by atoms with Gasteiger partial charge in [-0.3, -0.25) is 14.5 Å². The second-order valence-corrected chi connectivity index (χ2v) is 10.9. The number of amides is 2. The molecule has 4 rings (SSSR count). The molecule has 2 heterocycles. The van der Waals surface area contributed by atoms with Gasteiger partial charge in [-0.2, -0.15) is 26.3 Å². The molecule has 0 radical (unpaired) electrons. The van der Waals surface area contributed by atoms with E-state index in [1.54, 1.807) is 30.3 Å². The van der Waals surface area contributed by atoms with E-state index < -0.39 is 66.1 Å². The first-order chi connectivity index (χ1) is 20.6. The molecule has 2 saturated heterocycles. The minimum absolute atomic E-state index is 0.0351. The van der Waals surface area contributed by atoms with Gasteiger partial charge in [0.2, 0.25) is 12.7 Å². The molecule has 0 aromatic heterocycles. The number of alkyl halides is 6. The van der Waals surface area contributed by atoms with Gasteiger partial charge in [0.05, 0.1) is 41.5 Å². The maximum atomic E-state index is 13.6. The van der Waals surface area contributed by atoms with E-state index in [9.17, 15) is 40.7 Å². The first-order valence-electron chi connectivity index (χ1n) is 13.7. The quantitative estimate of drug-likeness (QED) is 0.238. The number of hydrogen-bond donors (Lipinski definition) is 2. The number of nitrogens with two attached hydrogens (primary N) is 1. The third-order valence-corrected chi connectivity index (χ3v) is 7.98. The van der Waals surface area contributed by atoms with Crippen molar-refractivity contribution in [2.24, 2.45) is 5.73 Å². The molecule has 0 bridgehead atoms. The highest BCUT2D eigenvalue weighted by atomic mass is 19.4. The number of hydrogen-bond acceptors (Lipinski definition) is 7. The summed E-state index contributed by atoms with van der Waals surface area (Å²) in [6.07, 6.45) is -11.1. The Labute approximate surface area is 248 Å². The Bertz CT molecular complexity index is 1340. The number of rotatable bonds is 8. The normalized spacial score (nSPS) is 22.9. The summed E-state index contributed by atoms with van der Waals surface area (Å²) in [5, 5.41) is 2.91. The summed E-state index contributed by atoms with van der Waals surface area (Å²) in [4.78, 5) is 38.5. The molecule has 2 amide bonds. The Morgan fingerprint density at radius 1 is 0.977 bits per heavy atom. The lowest BCUT2D eigenvalue weighted by molar-refractivity contribution is -0.152. The monoisotopic (exact) mass is 631 g/mol. The largest absolute Gasteiger partial charge is 0.427 e. The Kier molecular flexibility index (Phi) is 9.49. The molecule has 2 aliphatic heterocycles. The van der Waals surface area contributed by atoms with Gasteiger partial charge in [-0.1, -0.05) is 30.3 Å². The molecule has 0 aliphatic carbocycles. The van der Waals surface area contributed by atoms with E-state index in [1.807, 2.05) is 0 Å². The van der Waals surface area contributed by atoms with Crippen LogP contribution in [0.5, 0.6) is 0 Å². The van der Waals surface area contributed by atoms with E-state index >= 15 is 0 Å². The molecule has 2 aromatic carbocycles. The van der Waals surface area contributed by atoms with Crippen molar-refractivity contribution in [1.29, 1.82) is 0 Å². The predicted molar refractivity (Wildman–Crippen MR) is 141 cm³/mol. The molecule has 240 valence electrons. The van der Waals surface area contributed by atoms with E-state index in [1.165, 1.54) is 11.8 Å². The Morgan fingerprint density at radius 2 is 1.61 bits per heavy atom. The molecule has 44 heavy (non-hydrogen) atoms. The van der Waals surface area contributed by atoms with E-state index in [4.69, 9.17) is 19.9 Å². The summed E-state index contributed by atoms with van der Waals surface area (Å²) < 4.78 is 97.1. The average molecular weight is 632 g/mol. The molecule has 2 fully saturated rings. The number of piperidine rings is 1. The third-order valence-electron chi connectivity index (χ3n) is 7.98. The highest BCUT2D eigenvalue weighted by molar-refractivity contribution is 5.80. The lowest BCUT2D eigenvalue weighted by Crippen LogP contribution is -2.65. The van der Waals surface area contributed by atoms with Gasteiger partial charge in [0.25, 0.3) is 0 Å². The number of esters is 1. The van der Waals surface area contributed by atoms with Crippen molar-refractivity contribution in [2.45, 2.75) is 62.1 Å². The minimum atomic E-state index is -5.04. The summed E-state index contributed by atoms with van der Waals surface area (Å²) in [5.74, 6) is -1.04. The molecule has 2 aliphatic rings. The number of halogens is 6. The number of benzene rings is 2. The van der Waals surface area contributed by atoms with Gasteiger partial charge in [-0.15, -0.1) is 0 Å². The molecule has 0 saturated carbocycles. The van der Waals surface area contributed by atoms with Crippen molar-refractivity contribution >= 4 is 18.0 Å². The summed E-state index contributed by atoms with van der Waals surface area (Å²) in [6, 6.07) is 9.72. The van der Waals surface area contributed by atoms with Crippen LogP contribution in [0.2, 0.25) is 0 Å². The van der Waals surface area contributed by atoms with E-state index in [0.29, 0.717) is 30.5 Å². The molecule has 0 unspecified atom stereocenters. The Balaban J connectivity index is 1.70. The van der Waals surface area contributed by atoms with Gasteiger partial charge >= 0.3 is 24.4 Å². The van der Waals surface area contributed by atoms with E-state index in [-0.39, 0.29) is 43.5 Å². The Hall–Kier alpha value is -3.85. The van der Waals surface area contributed by atoms with Gasteiger partial charge in [0.15, 0.2) is 0 Å². The SMILES string of the molecule is C[C@@H](OC[C@@]1(c2ccccc2)CC[C@]2(CCC(=O)N2)CN1C(=O)OCOC(=O)CN)c1cc(C(F)(F)F)cc(C(F)(F)F)c1. The van der Waals surface area contributed by atoms with Crippen LogP contribution >= 0.6 is 0 Å². The summed E-state index contributed by atoms with van der Waals surface area (Å²) >= 11 is 0. The minimum Gasteiger partial charge on any atom is -0.427 e. The van der Waals surface area contributed by atoms with Gasteiger partial charge < -0.3 is 25.3 Å². The zero-order valence-corrected chi connectivity index (χ0v) is 23.6. The van der Waals surface area contributed by atoms with Crippen LogP contribution in [0.4, 0.5) is 31.1 Å². The summed E-state index contributed by atoms with van der Waals surface area (Å²) in [6.45, 7) is -0.335. The lowest BCUT2D eigenvalue weighted by atomic mass is 9.74. The van der Waals surface area contributed by atoms with Crippen LogP contribution in [-0.4, -0.2) is 54.9 Å². The van der Waals surface area contributed by atoms with Gasteiger partial charge in [0, 0.05) is 13.0 Å². The fraction of sp³-hybridized carbons (Fsp3) is 0.483. The lowest BCUT2D eigenvalue weighted by Gasteiger charge is -2.52. The van der Waals surface area contributed by atoms with Gasteiger partial charge in [-0.25, -0.2) is 4.79 Å². The van der Waals surface area contributed by atoms with Crippen LogP contribution in [0, 0.1) is 0 Å². The van der Waals surface area contributed by atoms with Crippen molar-refractivity contribution in [3.63, 3.8) is 0 Å². The molecule has 9 nitrogen and oxygen atoms in total. The molecular formula is C29H31F6N3O6. The zero-order chi connectivity index (χ0) is 32.3. The van der Waals surface area contributed by atoms with Crippen molar-refractivity contribution in [2.75, 3.05) is 26.5 Å². The molecular weight excluding hydrogens is 600 g/mol. The molecule has 3 atom stereocenters. The van der Waals surface area contributed by atoms with Crippen LogP contribution in [0.3, 0.4) is 0 Å². The number of ether oxygens (including phenoxy) is 3. The second-order valence-electron chi connectivity index (χ2n) is 10.9. The van der Waals surface area contributed by atoms with Crippen molar-refractivity contribution < 1.29 is 54.9 Å². The van der Waals surface area contributed by atoms with Crippen LogP contribution in [-0.2, 0) is 41.7 Å². The standard InChI is InChI=1S/C29H31F6N3O6/c1-18(19-11-21(28(30,31)32)13-22(12-19)29(33,34)35)42-16-27(20-5-3-2-4-6-20)10-9-26(8-7-23(39)37-26)15-38(27)25(41)44-17-43-24(40)14-36/h2-6,11-13,18H,7-10,14-17,36H2,1H3,(H,37,39)/t18-,26-,27-/m1/s1. The van der Waals surface area contributed by atoms with Crippen LogP contribution in [0.1, 0.15) is 61.0 Å². The van der Waals surface area contributed by atoms with Crippen molar-refractivity contribution in [3.8, 4) is 0 Å². The van der Waals surface area contributed by atoms with Gasteiger partial charge in [0.1, 0.15) is 0 Å². The van der Waals surface area contributed by atoms with Crippen molar-refractivity contribution in [1.82, 2.24) is 10.2 Å². The highest BCUT2D eigenvalue weighted by Gasteiger charge is 2.54. The number of carbonyl (C=O) groups excluding carboxylic acids is 3. The molecule has 15 heteroatoms. The highest BCUT2D eigenvalue weighted by Crippen LogP contribution is 2.45. The summed E-state index contributed by atoms with van der Waals surface area (Å²) in [5.41, 5.74) is 0.285. The molecule has 1 spiro atoms. The molecule has 2 aromatic rings. The number of nitrogens with zero attached hydrogens (tertiary/aromatic N) is 1. The number of nitrogens with one attached hydrogen (secondary N) is 1. The van der Waals surface area contributed by atoms with Crippen molar-refractivity contribution in [3.05, 3.63) is 70.8 Å². The fourth-order valence-electron chi connectivity index (χ4n) is 5.57. The van der Waals surface area contributed by atoms with E-state index in [0.717, 1.165) is 0 Å². The van der Waals surface area contributed by atoms with E-state index in [2.05, 4.69) is 5.32 Å². The fourth-order valence-corrected chi connectivity index (χ4v) is 5.57. The second kappa shape index (κ2) is 12.6. The topological polar surface area (TPSA) is 120 Å². The van der Waals surface area contributed by atoms with Gasteiger partial charge in [-0.05, 0) is 55.5 Å². The molecule has 3 N–H and O–H groups in total. The van der Waals surface area contributed by atoms with Crippen LogP contribution in [0.15, 0.2) is 48.5 Å². The maximum Gasteiger partial charge on any atom is 0.416 e. The first kappa shape index (κ1) is 33.1. The predicted octanol–water partition coefficient (Wildman–Crippen LogP) is 5.04. The maximum absolute atomic E-state index is 13.6. The number of carbonyl (C=O) groups is 3. The zero-order valence-electron chi connectivity index (χ0n) is 23.6. The van der Waals surface area contributed by atoms with Crippen LogP contribution < -0.4 is 11.1 Å². The summed E-state index contributed by atoms with van der Waals surface area (Å²) in [7, 11) is 0. The Morgan fingerprint density at radius 3 is 2.16 bits per heavy atom. The smallest absolute Gasteiger partial charge is 0.416 e.